The zero-order chi connectivity index (χ0) is 16.8. The molecule has 2 aromatic carbocycles. The number of para-hydroxylation sites is 2. The van der Waals surface area contributed by atoms with Gasteiger partial charge in [0.05, 0.1) is 12.0 Å². The van der Waals surface area contributed by atoms with Crippen molar-refractivity contribution in [3.05, 3.63) is 59.7 Å². The number of fused-ring (bicyclic) bond motifs is 1. The van der Waals surface area contributed by atoms with Gasteiger partial charge in [0.2, 0.25) is 0 Å². The number of nitrogens with one attached hydrogen (secondary N) is 1. The monoisotopic (exact) mass is 339 g/mol. The summed E-state index contributed by atoms with van der Waals surface area (Å²) in [6.45, 7) is 2.11. The maximum Gasteiger partial charge on any atom is 0.257 e. The van der Waals surface area contributed by atoms with Gasteiger partial charge in [0.25, 0.3) is 11.1 Å². The number of hydrogen-bond donors (Lipinski definition) is 1. The van der Waals surface area contributed by atoms with E-state index in [9.17, 15) is 4.79 Å². The first-order valence-electron chi connectivity index (χ1n) is 7.64. The summed E-state index contributed by atoms with van der Waals surface area (Å²) in [5.74, 6) is -0.0115. The molecule has 0 saturated carbocycles. The van der Waals surface area contributed by atoms with E-state index in [-0.39, 0.29) is 11.7 Å². The second kappa shape index (κ2) is 7.79. The van der Waals surface area contributed by atoms with E-state index in [1.807, 2.05) is 48.5 Å². The Morgan fingerprint density at radius 3 is 2.79 bits per heavy atom. The normalized spacial score (nSPS) is 11.2. The van der Waals surface area contributed by atoms with Crippen LogP contribution >= 0.6 is 11.8 Å². The third-order valence-corrected chi connectivity index (χ3v) is 4.22. The van der Waals surface area contributed by atoms with E-state index in [1.54, 1.807) is 6.21 Å². The lowest BCUT2D eigenvalue weighted by Crippen LogP contribution is -2.19. The lowest BCUT2D eigenvalue weighted by molar-refractivity contribution is -0.118. The molecule has 1 N–H and O–H groups in total. The van der Waals surface area contributed by atoms with E-state index in [0.717, 1.165) is 17.5 Å². The smallest absolute Gasteiger partial charge is 0.257 e. The second-order valence-electron chi connectivity index (χ2n) is 5.12. The van der Waals surface area contributed by atoms with Crippen molar-refractivity contribution in [1.29, 1.82) is 0 Å². The van der Waals surface area contributed by atoms with Gasteiger partial charge in [-0.3, -0.25) is 4.79 Å². The van der Waals surface area contributed by atoms with Crippen LogP contribution in [0.2, 0.25) is 0 Å². The van der Waals surface area contributed by atoms with E-state index < -0.39 is 0 Å². The molecule has 0 spiro atoms. The summed E-state index contributed by atoms with van der Waals surface area (Å²) in [4.78, 5) is 16.1. The van der Waals surface area contributed by atoms with Crippen molar-refractivity contribution in [3.8, 4) is 0 Å². The Bertz CT molecular complexity index is 823. The molecule has 1 aromatic heterocycles. The SMILES string of the molecule is CCc1ccc(/C=N\NC(=O)CSc2nc3ccccc3o2)cc1. The Hall–Kier alpha value is -2.60. The van der Waals surface area contributed by atoms with Gasteiger partial charge in [0.15, 0.2) is 5.58 Å². The molecule has 1 amide bonds. The van der Waals surface area contributed by atoms with Crippen LogP contribution in [-0.4, -0.2) is 22.9 Å². The molecule has 0 saturated heterocycles. The molecule has 0 atom stereocenters. The van der Waals surface area contributed by atoms with Gasteiger partial charge in [-0.1, -0.05) is 55.1 Å². The summed E-state index contributed by atoms with van der Waals surface area (Å²) in [5.41, 5.74) is 6.22. The Kier molecular flexibility index (Phi) is 5.28. The van der Waals surface area contributed by atoms with Gasteiger partial charge in [-0.05, 0) is 29.7 Å². The fraction of sp³-hybridized carbons (Fsp3) is 0.167. The maximum atomic E-state index is 11.8. The van der Waals surface area contributed by atoms with E-state index >= 15 is 0 Å². The summed E-state index contributed by atoms with van der Waals surface area (Å²) in [7, 11) is 0. The number of hydrogen-bond acceptors (Lipinski definition) is 5. The molecule has 0 bridgehead atoms. The molecule has 1 heterocycles. The summed E-state index contributed by atoms with van der Waals surface area (Å²) in [6.07, 6.45) is 2.63. The number of aryl methyl sites for hydroxylation is 1. The number of rotatable bonds is 6. The van der Waals surface area contributed by atoms with Crippen LogP contribution in [0.25, 0.3) is 11.1 Å². The van der Waals surface area contributed by atoms with Gasteiger partial charge < -0.3 is 4.42 Å². The van der Waals surface area contributed by atoms with Crippen LogP contribution in [0.3, 0.4) is 0 Å². The number of amides is 1. The van der Waals surface area contributed by atoms with Crippen LogP contribution in [-0.2, 0) is 11.2 Å². The minimum absolute atomic E-state index is 0.193. The first-order chi connectivity index (χ1) is 11.7. The molecule has 3 aromatic rings. The molecule has 6 heteroatoms. The molecular weight excluding hydrogens is 322 g/mol. The minimum Gasteiger partial charge on any atom is -0.431 e. The Balaban J connectivity index is 1.49. The Morgan fingerprint density at radius 2 is 2.04 bits per heavy atom. The zero-order valence-corrected chi connectivity index (χ0v) is 14.0. The molecule has 0 aliphatic carbocycles. The number of thioether (sulfide) groups is 1. The fourth-order valence-corrected chi connectivity index (χ4v) is 2.72. The largest absolute Gasteiger partial charge is 0.431 e. The minimum atomic E-state index is -0.205. The Labute approximate surface area is 144 Å². The van der Waals surface area contributed by atoms with Crippen LogP contribution in [0, 0.1) is 0 Å². The van der Waals surface area contributed by atoms with E-state index in [0.29, 0.717) is 10.8 Å². The summed E-state index contributed by atoms with van der Waals surface area (Å²) in [6, 6.07) is 15.5. The predicted octanol–water partition coefficient (Wildman–Crippen LogP) is 3.63. The molecular formula is C18H17N3O2S. The number of oxazole rings is 1. The van der Waals surface area contributed by atoms with Crippen LogP contribution in [0.4, 0.5) is 0 Å². The lowest BCUT2D eigenvalue weighted by Gasteiger charge is -1.98. The van der Waals surface area contributed by atoms with Gasteiger partial charge in [0, 0.05) is 0 Å². The lowest BCUT2D eigenvalue weighted by atomic mass is 10.1. The molecule has 5 nitrogen and oxygen atoms in total. The van der Waals surface area contributed by atoms with Gasteiger partial charge in [0.1, 0.15) is 5.52 Å². The number of carbonyl (C=O) groups is 1. The van der Waals surface area contributed by atoms with Crippen molar-refractivity contribution < 1.29 is 9.21 Å². The van der Waals surface area contributed by atoms with E-state index in [2.05, 4.69) is 22.4 Å². The third-order valence-electron chi connectivity index (χ3n) is 3.39. The predicted molar refractivity (Wildman–Crippen MR) is 96.3 cm³/mol. The molecule has 0 unspecified atom stereocenters. The van der Waals surface area contributed by atoms with Crippen LogP contribution < -0.4 is 5.43 Å². The number of nitrogens with zero attached hydrogens (tertiary/aromatic N) is 2. The van der Waals surface area contributed by atoms with E-state index in [4.69, 9.17) is 4.42 Å². The topological polar surface area (TPSA) is 67.5 Å². The standard InChI is InChI=1S/C18H17N3O2S/c1-2-13-7-9-14(10-8-13)11-19-21-17(22)12-24-18-20-15-5-3-4-6-16(15)23-18/h3-11H,2,12H2,1H3,(H,21,22)/b19-11-. The maximum absolute atomic E-state index is 11.8. The van der Waals surface area contributed by atoms with Crippen molar-refractivity contribution in [2.75, 3.05) is 5.75 Å². The molecule has 24 heavy (non-hydrogen) atoms. The zero-order valence-electron chi connectivity index (χ0n) is 13.2. The van der Waals surface area contributed by atoms with Gasteiger partial charge >= 0.3 is 0 Å². The molecule has 0 fully saturated rings. The highest BCUT2D eigenvalue weighted by Gasteiger charge is 2.08. The third kappa shape index (κ3) is 4.23. The average Bonchev–Trinajstić information content (AvgIpc) is 3.03. The molecule has 0 aliphatic rings. The van der Waals surface area contributed by atoms with E-state index in [1.165, 1.54) is 17.3 Å². The molecule has 122 valence electrons. The first-order valence-corrected chi connectivity index (χ1v) is 8.62. The van der Waals surface area contributed by atoms with Crippen LogP contribution in [0.15, 0.2) is 63.3 Å². The molecule has 0 aliphatic heterocycles. The van der Waals surface area contributed by atoms with Crippen LogP contribution in [0.1, 0.15) is 18.1 Å². The van der Waals surface area contributed by atoms with Crippen molar-refractivity contribution in [3.63, 3.8) is 0 Å². The summed E-state index contributed by atoms with van der Waals surface area (Å²) >= 11 is 1.24. The molecule has 3 rings (SSSR count). The average molecular weight is 339 g/mol. The fourth-order valence-electron chi connectivity index (χ4n) is 2.09. The number of benzene rings is 2. The summed E-state index contributed by atoms with van der Waals surface area (Å²) < 4.78 is 5.55. The van der Waals surface area contributed by atoms with Gasteiger partial charge in [-0.15, -0.1) is 0 Å². The highest BCUT2D eigenvalue weighted by atomic mass is 32.2. The van der Waals surface area contributed by atoms with Crippen molar-refractivity contribution >= 4 is 35.0 Å². The van der Waals surface area contributed by atoms with Crippen LogP contribution in [0.5, 0.6) is 0 Å². The molecule has 0 radical (unpaired) electrons. The highest BCUT2D eigenvalue weighted by Crippen LogP contribution is 2.22. The van der Waals surface area contributed by atoms with Gasteiger partial charge in [-0.25, -0.2) is 10.4 Å². The number of aromatic nitrogens is 1. The first kappa shape index (κ1) is 16.3. The summed E-state index contributed by atoms with van der Waals surface area (Å²) in [5, 5.41) is 4.44. The number of carbonyl (C=O) groups excluding carboxylic acids is 1. The van der Waals surface area contributed by atoms with Crippen molar-refractivity contribution in [2.45, 2.75) is 18.6 Å². The second-order valence-corrected chi connectivity index (χ2v) is 6.05. The highest BCUT2D eigenvalue weighted by molar-refractivity contribution is 7.99. The number of hydrazone groups is 1. The Morgan fingerprint density at radius 1 is 1.25 bits per heavy atom. The van der Waals surface area contributed by atoms with Crippen molar-refractivity contribution in [2.24, 2.45) is 5.10 Å². The quantitative estimate of drug-likeness (QED) is 0.423. The van der Waals surface area contributed by atoms with Gasteiger partial charge in [-0.2, -0.15) is 5.10 Å². The van der Waals surface area contributed by atoms with Crippen molar-refractivity contribution in [1.82, 2.24) is 10.4 Å².